The lowest BCUT2D eigenvalue weighted by atomic mass is 10.3. The Hall–Kier alpha value is -0.880. The lowest BCUT2D eigenvalue weighted by molar-refractivity contribution is 0.469. The summed E-state index contributed by atoms with van der Waals surface area (Å²) in [7, 11) is -1.96. The molecule has 0 saturated carbocycles. The fourth-order valence-corrected chi connectivity index (χ4v) is 5.22. The van der Waals surface area contributed by atoms with Crippen LogP contribution in [0.2, 0.25) is 4.34 Å². The average molecular weight is 361 g/mol. The van der Waals surface area contributed by atoms with Gasteiger partial charge in [-0.3, -0.25) is 0 Å². The third-order valence-electron chi connectivity index (χ3n) is 2.59. The summed E-state index contributed by atoms with van der Waals surface area (Å²) in [6, 6.07) is 4.98. The van der Waals surface area contributed by atoms with Crippen LogP contribution in [0.3, 0.4) is 0 Å². The summed E-state index contributed by atoms with van der Waals surface area (Å²) in [4.78, 5) is 0.875. The van der Waals surface area contributed by atoms with Crippen LogP contribution in [0.5, 0.6) is 0 Å². The van der Waals surface area contributed by atoms with E-state index >= 15 is 0 Å². The molecule has 0 spiro atoms. The van der Waals surface area contributed by atoms with Crippen molar-refractivity contribution in [2.75, 3.05) is 13.6 Å². The van der Waals surface area contributed by atoms with Crippen LogP contribution in [0.4, 0.5) is 0 Å². The van der Waals surface area contributed by atoms with E-state index in [-0.39, 0.29) is 4.21 Å². The molecule has 112 valence electrons. The molecule has 2 N–H and O–H groups in total. The minimum atomic E-state index is -3.51. The van der Waals surface area contributed by atoms with Crippen molar-refractivity contribution in [3.63, 3.8) is 0 Å². The summed E-state index contributed by atoms with van der Waals surface area (Å²) in [5, 5.41) is 1.90. The zero-order chi connectivity index (χ0) is 15.5. The van der Waals surface area contributed by atoms with E-state index in [1.807, 2.05) is 11.4 Å². The Kier molecular flexibility index (Phi) is 5.43. The third kappa shape index (κ3) is 4.07. The van der Waals surface area contributed by atoms with Crippen LogP contribution in [-0.2, 0) is 16.6 Å². The standard InChI is InChI=1S/C13H13ClN2O2S3/c1-16(21(17,18)13-5-4-12(14)20-13)8-10-7-11(19-9-10)3-2-6-15/h4-5,7,9H,6,8,15H2,1H3. The first-order chi connectivity index (χ1) is 9.93. The minimum absolute atomic E-state index is 0.244. The molecule has 0 fully saturated rings. The number of nitrogens with two attached hydrogens (primary N) is 1. The van der Waals surface area contributed by atoms with Crippen molar-refractivity contribution in [3.05, 3.63) is 38.4 Å². The van der Waals surface area contributed by atoms with Gasteiger partial charge in [0.25, 0.3) is 10.0 Å². The normalized spacial score (nSPS) is 11.4. The van der Waals surface area contributed by atoms with Crippen LogP contribution in [-0.4, -0.2) is 26.3 Å². The first-order valence-electron chi connectivity index (χ1n) is 5.91. The second-order valence-corrected chi connectivity index (χ2v) is 9.04. The summed E-state index contributed by atoms with van der Waals surface area (Å²) in [6.45, 7) is 0.597. The van der Waals surface area contributed by atoms with Gasteiger partial charge in [0, 0.05) is 13.6 Å². The van der Waals surface area contributed by atoms with Crippen molar-refractivity contribution in [1.29, 1.82) is 0 Å². The summed E-state index contributed by atoms with van der Waals surface area (Å²) in [6.07, 6.45) is 0. The fourth-order valence-electron chi connectivity index (χ4n) is 1.59. The van der Waals surface area contributed by atoms with Gasteiger partial charge in [-0.15, -0.1) is 22.7 Å². The lowest BCUT2D eigenvalue weighted by Crippen LogP contribution is -2.25. The molecule has 0 unspecified atom stereocenters. The van der Waals surface area contributed by atoms with Crippen molar-refractivity contribution < 1.29 is 8.42 Å². The van der Waals surface area contributed by atoms with Crippen molar-refractivity contribution in [2.24, 2.45) is 5.73 Å². The van der Waals surface area contributed by atoms with Crippen LogP contribution >= 0.6 is 34.3 Å². The van der Waals surface area contributed by atoms with Gasteiger partial charge in [-0.25, -0.2) is 8.42 Å². The fraction of sp³-hybridized carbons (Fsp3) is 0.231. The van der Waals surface area contributed by atoms with Crippen LogP contribution in [0.15, 0.2) is 27.8 Å². The van der Waals surface area contributed by atoms with E-state index in [4.69, 9.17) is 17.3 Å². The van der Waals surface area contributed by atoms with Crippen molar-refractivity contribution in [3.8, 4) is 11.8 Å². The smallest absolute Gasteiger partial charge is 0.252 e. The quantitative estimate of drug-likeness (QED) is 0.852. The predicted molar refractivity (Wildman–Crippen MR) is 88.2 cm³/mol. The van der Waals surface area contributed by atoms with E-state index in [0.717, 1.165) is 21.8 Å². The highest BCUT2D eigenvalue weighted by atomic mass is 35.5. The molecule has 0 aromatic carbocycles. The molecule has 2 aromatic rings. The molecular weight excluding hydrogens is 348 g/mol. The van der Waals surface area contributed by atoms with E-state index in [0.29, 0.717) is 17.4 Å². The molecule has 0 bridgehead atoms. The van der Waals surface area contributed by atoms with Crippen LogP contribution < -0.4 is 5.73 Å². The first-order valence-corrected chi connectivity index (χ1v) is 9.43. The number of hydrogen-bond donors (Lipinski definition) is 1. The molecule has 0 radical (unpaired) electrons. The topological polar surface area (TPSA) is 63.4 Å². The number of nitrogens with zero attached hydrogens (tertiary/aromatic N) is 1. The zero-order valence-electron chi connectivity index (χ0n) is 11.2. The van der Waals surface area contributed by atoms with Gasteiger partial charge in [0.2, 0.25) is 0 Å². The molecule has 0 atom stereocenters. The third-order valence-corrected chi connectivity index (χ3v) is 6.98. The van der Waals surface area contributed by atoms with Crippen LogP contribution in [0.25, 0.3) is 0 Å². The molecule has 2 heterocycles. The van der Waals surface area contributed by atoms with Crippen molar-refractivity contribution in [1.82, 2.24) is 4.31 Å². The summed E-state index contributed by atoms with van der Waals surface area (Å²) >= 11 is 8.32. The molecule has 0 saturated heterocycles. The van der Waals surface area contributed by atoms with E-state index in [1.54, 1.807) is 13.1 Å². The molecule has 21 heavy (non-hydrogen) atoms. The van der Waals surface area contributed by atoms with Crippen molar-refractivity contribution >= 4 is 44.3 Å². The molecule has 4 nitrogen and oxygen atoms in total. The zero-order valence-corrected chi connectivity index (χ0v) is 14.4. The Balaban J connectivity index is 2.14. The van der Waals surface area contributed by atoms with Gasteiger partial charge in [-0.05, 0) is 29.1 Å². The maximum absolute atomic E-state index is 12.4. The predicted octanol–water partition coefficient (Wildman–Crippen LogP) is 2.59. The van der Waals surface area contributed by atoms with E-state index in [2.05, 4.69) is 11.8 Å². The van der Waals surface area contributed by atoms with Gasteiger partial charge in [0.05, 0.1) is 15.8 Å². The first kappa shape index (κ1) is 16.5. The molecule has 2 aromatic heterocycles. The Bertz CT molecular complexity index is 784. The van der Waals surface area contributed by atoms with Gasteiger partial charge >= 0.3 is 0 Å². The molecule has 0 aliphatic heterocycles. The molecule has 8 heteroatoms. The van der Waals surface area contributed by atoms with Gasteiger partial charge in [-0.1, -0.05) is 23.4 Å². The average Bonchev–Trinajstić information content (AvgIpc) is 3.05. The lowest BCUT2D eigenvalue weighted by Gasteiger charge is -2.14. The minimum Gasteiger partial charge on any atom is -0.320 e. The van der Waals surface area contributed by atoms with E-state index < -0.39 is 10.0 Å². The Morgan fingerprint density at radius 1 is 1.43 bits per heavy atom. The number of hydrogen-bond acceptors (Lipinski definition) is 5. The summed E-state index contributed by atoms with van der Waals surface area (Å²) < 4.78 is 26.7. The van der Waals surface area contributed by atoms with Crippen molar-refractivity contribution in [2.45, 2.75) is 10.8 Å². The van der Waals surface area contributed by atoms with Gasteiger partial charge in [0.1, 0.15) is 4.21 Å². The summed E-state index contributed by atoms with van der Waals surface area (Å²) in [5.74, 6) is 5.71. The largest absolute Gasteiger partial charge is 0.320 e. The van der Waals surface area contributed by atoms with Gasteiger partial charge in [0.15, 0.2) is 0 Å². The molecule has 0 aliphatic carbocycles. The second-order valence-electron chi connectivity index (χ2n) is 4.14. The highest BCUT2D eigenvalue weighted by Gasteiger charge is 2.23. The van der Waals surface area contributed by atoms with Crippen LogP contribution in [0, 0.1) is 11.8 Å². The number of rotatable bonds is 4. The monoisotopic (exact) mass is 360 g/mol. The Morgan fingerprint density at radius 2 is 2.19 bits per heavy atom. The highest BCUT2D eigenvalue weighted by molar-refractivity contribution is 7.91. The Morgan fingerprint density at radius 3 is 2.81 bits per heavy atom. The maximum atomic E-state index is 12.4. The van der Waals surface area contributed by atoms with E-state index in [9.17, 15) is 8.42 Å². The molecule has 0 amide bonds. The Labute approximate surface area is 137 Å². The molecule has 2 rings (SSSR count). The van der Waals surface area contributed by atoms with Gasteiger partial charge < -0.3 is 5.73 Å². The number of sulfonamides is 1. The highest BCUT2D eigenvalue weighted by Crippen LogP contribution is 2.28. The van der Waals surface area contributed by atoms with Crippen LogP contribution in [0.1, 0.15) is 10.4 Å². The SMILES string of the molecule is CN(Cc1csc(C#CCN)c1)S(=O)(=O)c1ccc(Cl)s1. The molecule has 0 aliphatic rings. The van der Waals surface area contributed by atoms with Gasteiger partial charge in [-0.2, -0.15) is 4.31 Å². The molecular formula is C13H13ClN2O2S3. The number of thiophene rings is 2. The maximum Gasteiger partial charge on any atom is 0.252 e. The van der Waals surface area contributed by atoms with E-state index in [1.165, 1.54) is 21.7 Å². The summed E-state index contributed by atoms with van der Waals surface area (Å²) in [5.41, 5.74) is 6.22. The second kappa shape index (κ2) is 6.92. The number of halogens is 1.